The second-order valence-electron chi connectivity index (χ2n) is 8.29. The minimum Gasteiger partial charge on any atom is -0.426 e. The number of aromatic nitrogens is 2. The Hall–Kier alpha value is -3.85. The van der Waals surface area contributed by atoms with E-state index in [1.807, 2.05) is 18.1 Å². The van der Waals surface area contributed by atoms with Crippen LogP contribution in [-0.4, -0.2) is 79.1 Å². The standard InChI is InChI=1S/C24H34N8O6/c1-16-15-32(31-28-16)5-7-35-9-11-36-10-8-34-6-4-22(33)27-21-13-19(23(26)37-17(2)25)12-20(14-21)24-30-29-18(3)38-24/h12-15,25-26,28,31H,4-11H2,1-3H3,(H,27,33). The number of hydrogen-bond acceptors (Lipinski definition) is 13. The number of ether oxygens (including phenoxy) is 4. The highest BCUT2D eigenvalue weighted by Gasteiger charge is 2.14. The van der Waals surface area contributed by atoms with Crippen molar-refractivity contribution in [2.75, 3.05) is 51.5 Å². The van der Waals surface area contributed by atoms with Gasteiger partial charge < -0.3 is 34.1 Å². The van der Waals surface area contributed by atoms with Crippen molar-refractivity contribution >= 4 is 23.4 Å². The number of anilines is 1. The van der Waals surface area contributed by atoms with Crippen molar-refractivity contribution in [2.24, 2.45) is 0 Å². The van der Waals surface area contributed by atoms with Crippen molar-refractivity contribution in [3.63, 3.8) is 0 Å². The molecular formula is C24H34N8O6. The van der Waals surface area contributed by atoms with Gasteiger partial charge in [0.1, 0.15) is 0 Å². The van der Waals surface area contributed by atoms with Gasteiger partial charge in [0.2, 0.25) is 23.6 Å². The van der Waals surface area contributed by atoms with Crippen LogP contribution in [0.15, 0.2) is 34.5 Å². The Labute approximate surface area is 220 Å². The molecule has 5 N–H and O–H groups in total. The number of allylic oxidation sites excluding steroid dienone is 1. The normalized spacial score (nSPS) is 12.7. The molecule has 0 spiro atoms. The number of hydrazine groups is 2. The molecule has 14 nitrogen and oxygen atoms in total. The van der Waals surface area contributed by atoms with Gasteiger partial charge in [-0.25, -0.2) is 0 Å². The van der Waals surface area contributed by atoms with Crippen LogP contribution in [-0.2, 0) is 23.7 Å². The Morgan fingerprint density at radius 2 is 1.74 bits per heavy atom. The van der Waals surface area contributed by atoms with E-state index in [9.17, 15) is 4.79 Å². The van der Waals surface area contributed by atoms with Crippen LogP contribution in [0, 0.1) is 17.7 Å². The van der Waals surface area contributed by atoms with Gasteiger partial charge in [0.05, 0.1) is 52.6 Å². The van der Waals surface area contributed by atoms with E-state index >= 15 is 0 Å². The molecule has 0 radical (unpaired) electrons. The van der Waals surface area contributed by atoms with E-state index in [0.717, 1.165) is 12.2 Å². The van der Waals surface area contributed by atoms with Gasteiger partial charge in [-0.05, 0) is 25.1 Å². The summed E-state index contributed by atoms with van der Waals surface area (Å²) in [5.74, 6) is -0.0256. The van der Waals surface area contributed by atoms with E-state index < -0.39 is 0 Å². The largest absolute Gasteiger partial charge is 0.426 e. The zero-order valence-electron chi connectivity index (χ0n) is 21.8. The summed E-state index contributed by atoms with van der Waals surface area (Å²) in [6.07, 6.45) is 2.09. The number of carbonyl (C=O) groups excluding carboxylic acids is 1. The number of nitrogens with zero attached hydrogens (tertiary/aromatic N) is 3. The lowest BCUT2D eigenvalue weighted by molar-refractivity contribution is -0.117. The molecule has 2 aromatic rings. The van der Waals surface area contributed by atoms with Crippen LogP contribution in [0.3, 0.4) is 0 Å². The Bertz CT molecular complexity index is 1130. The van der Waals surface area contributed by atoms with Crippen LogP contribution < -0.4 is 16.3 Å². The molecule has 1 aliphatic rings. The van der Waals surface area contributed by atoms with Gasteiger partial charge in [-0.1, -0.05) is 0 Å². The second kappa shape index (κ2) is 14.8. The summed E-state index contributed by atoms with van der Waals surface area (Å²) in [5.41, 5.74) is 8.28. The Kier molecular flexibility index (Phi) is 11.2. The van der Waals surface area contributed by atoms with E-state index in [0.29, 0.717) is 55.7 Å². The average Bonchev–Trinajstić information content (AvgIpc) is 3.49. The van der Waals surface area contributed by atoms with Crippen molar-refractivity contribution in [1.29, 1.82) is 10.8 Å². The van der Waals surface area contributed by atoms with Crippen LogP contribution in [0.4, 0.5) is 5.69 Å². The molecule has 3 rings (SSSR count). The summed E-state index contributed by atoms with van der Waals surface area (Å²) >= 11 is 0. The van der Waals surface area contributed by atoms with Gasteiger partial charge in [-0.3, -0.25) is 20.6 Å². The molecule has 1 aliphatic heterocycles. The van der Waals surface area contributed by atoms with Crippen molar-refractivity contribution in [3.8, 4) is 11.5 Å². The number of nitrogens with one attached hydrogen (secondary N) is 5. The molecule has 206 valence electrons. The topological polar surface area (TPSA) is 180 Å². The lowest BCUT2D eigenvalue weighted by atomic mass is 10.1. The molecule has 1 aromatic carbocycles. The summed E-state index contributed by atoms with van der Waals surface area (Å²) in [6.45, 7) is 8.26. The van der Waals surface area contributed by atoms with Gasteiger partial charge in [0, 0.05) is 42.6 Å². The van der Waals surface area contributed by atoms with Crippen molar-refractivity contribution in [3.05, 3.63) is 41.6 Å². The van der Waals surface area contributed by atoms with Gasteiger partial charge in [-0.2, -0.15) is 0 Å². The van der Waals surface area contributed by atoms with Crippen molar-refractivity contribution in [2.45, 2.75) is 27.2 Å². The third-order valence-electron chi connectivity index (χ3n) is 4.95. The van der Waals surface area contributed by atoms with E-state index in [2.05, 4.69) is 26.5 Å². The molecule has 0 atom stereocenters. The fourth-order valence-electron chi connectivity index (χ4n) is 3.25. The molecule has 38 heavy (non-hydrogen) atoms. The third kappa shape index (κ3) is 9.89. The number of amides is 1. The first-order valence-electron chi connectivity index (χ1n) is 12.1. The highest BCUT2D eigenvalue weighted by Crippen LogP contribution is 2.25. The maximum atomic E-state index is 12.4. The van der Waals surface area contributed by atoms with Gasteiger partial charge in [0.25, 0.3) is 0 Å². The maximum Gasteiger partial charge on any atom is 0.247 e. The summed E-state index contributed by atoms with van der Waals surface area (Å²) in [6, 6.07) is 4.84. The SMILES string of the molecule is CC(=N)OC(=N)c1cc(NC(=O)CCOCCOCCOCCN2C=C(C)NN2)cc(-c2nnc(C)o2)c1. The van der Waals surface area contributed by atoms with Gasteiger partial charge >= 0.3 is 0 Å². The second-order valence-corrected chi connectivity index (χ2v) is 8.29. The summed E-state index contributed by atoms with van der Waals surface area (Å²) in [4.78, 5) is 12.4. The molecule has 0 fully saturated rings. The number of aryl methyl sites for hydroxylation is 1. The van der Waals surface area contributed by atoms with Crippen LogP contribution in [0.2, 0.25) is 0 Å². The first-order chi connectivity index (χ1) is 18.3. The van der Waals surface area contributed by atoms with E-state index in [-0.39, 0.29) is 36.6 Å². The highest BCUT2D eigenvalue weighted by atomic mass is 16.5. The predicted octanol–water partition coefficient (Wildman–Crippen LogP) is 1.95. The highest BCUT2D eigenvalue weighted by molar-refractivity contribution is 6.01. The molecule has 0 bridgehead atoms. The van der Waals surface area contributed by atoms with Crippen molar-refractivity contribution < 1.29 is 28.2 Å². The smallest absolute Gasteiger partial charge is 0.247 e. The fourth-order valence-corrected chi connectivity index (χ4v) is 3.25. The molecular weight excluding hydrogens is 496 g/mol. The Balaban J connectivity index is 1.34. The molecule has 14 heteroatoms. The van der Waals surface area contributed by atoms with Crippen LogP contribution in [0.25, 0.3) is 11.5 Å². The predicted molar refractivity (Wildman–Crippen MR) is 138 cm³/mol. The molecule has 0 aliphatic carbocycles. The molecule has 2 heterocycles. The minimum atomic E-state index is -0.271. The van der Waals surface area contributed by atoms with Crippen LogP contribution in [0.5, 0.6) is 0 Å². The maximum absolute atomic E-state index is 12.4. The molecule has 0 saturated heterocycles. The summed E-state index contributed by atoms with van der Waals surface area (Å²) < 4.78 is 27.0. The van der Waals surface area contributed by atoms with Gasteiger partial charge in [0.15, 0.2) is 5.90 Å². The lowest BCUT2D eigenvalue weighted by Gasteiger charge is -2.14. The molecule has 1 amide bonds. The Morgan fingerprint density at radius 3 is 2.37 bits per heavy atom. The Morgan fingerprint density at radius 1 is 1.03 bits per heavy atom. The van der Waals surface area contributed by atoms with E-state index in [1.54, 1.807) is 25.1 Å². The first-order valence-corrected chi connectivity index (χ1v) is 12.1. The fraction of sp³-hybridized carbons (Fsp3) is 0.458. The number of hydrogen-bond donors (Lipinski definition) is 5. The molecule has 0 unspecified atom stereocenters. The zero-order valence-corrected chi connectivity index (χ0v) is 21.8. The zero-order chi connectivity index (χ0) is 27.3. The number of benzene rings is 1. The van der Waals surface area contributed by atoms with Crippen LogP contribution in [0.1, 0.15) is 31.7 Å². The van der Waals surface area contributed by atoms with E-state index in [1.165, 1.54) is 6.92 Å². The van der Waals surface area contributed by atoms with E-state index in [4.69, 9.17) is 34.2 Å². The van der Waals surface area contributed by atoms with Crippen LogP contribution >= 0.6 is 0 Å². The summed E-state index contributed by atoms with van der Waals surface area (Å²) in [7, 11) is 0. The number of carbonyl (C=O) groups is 1. The molecule has 0 saturated carbocycles. The van der Waals surface area contributed by atoms with Crippen molar-refractivity contribution in [1.82, 2.24) is 26.2 Å². The first kappa shape index (κ1) is 28.7. The minimum absolute atomic E-state index is 0.128. The quantitative estimate of drug-likeness (QED) is 0.129. The van der Waals surface area contributed by atoms with Gasteiger partial charge in [-0.15, -0.1) is 15.7 Å². The third-order valence-corrected chi connectivity index (χ3v) is 4.95. The summed E-state index contributed by atoms with van der Waals surface area (Å²) in [5, 5.41) is 28.1. The molecule has 1 aromatic heterocycles. The monoisotopic (exact) mass is 530 g/mol. The lowest BCUT2D eigenvalue weighted by Crippen LogP contribution is -2.38. The average molecular weight is 531 g/mol. The number of rotatable bonds is 15.